The molecule has 0 unspecified atom stereocenters. The molecule has 1 saturated carbocycles. The zero-order chi connectivity index (χ0) is 12.6. The Morgan fingerprint density at radius 3 is 2.67 bits per heavy atom. The third kappa shape index (κ3) is 1.73. The summed E-state index contributed by atoms with van der Waals surface area (Å²) in [5.74, 6) is 1.34. The zero-order valence-electron chi connectivity index (χ0n) is 10.5. The van der Waals surface area contributed by atoms with Gasteiger partial charge >= 0.3 is 0 Å². The molecule has 1 aromatic heterocycles. The van der Waals surface area contributed by atoms with Gasteiger partial charge in [0.1, 0.15) is 0 Å². The minimum atomic E-state index is -0.155. The minimum absolute atomic E-state index is 0.0313. The molecule has 1 heterocycles. The molecule has 4 heteroatoms. The van der Waals surface area contributed by atoms with Crippen molar-refractivity contribution in [3.05, 3.63) is 47.6 Å². The van der Waals surface area contributed by atoms with Crippen LogP contribution in [0.5, 0.6) is 0 Å². The lowest BCUT2D eigenvalue weighted by molar-refractivity contribution is 0.346. The Hall–Kier alpha value is -1.68. The van der Waals surface area contributed by atoms with Crippen molar-refractivity contribution in [2.75, 3.05) is 0 Å². The van der Waals surface area contributed by atoms with E-state index >= 15 is 0 Å². The van der Waals surface area contributed by atoms with Gasteiger partial charge in [0.25, 0.3) is 0 Å². The highest BCUT2D eigenvalue weighted by atomic mass is 16.5. The summed E-state index contributed by atoms with van der Waals surface area (Å²) in [7, 11) is 0. The zero-order valence-corrected chi connectivity index (χ0v) is 10.5. The molecule has 1 aliphatic rings. The molecule has 94 valence electrons. The second kappa shape index (κ2) is 4.21. The Morgan fingerprint density at radius 1 is 1.33 bits per heavy atom. The molecule has 2 N–H and O–H groups in total. The number of nitrogens with zero attached hydrogens (tertiary/aromatic N) is 2. The Labute approximate surface area is 106 Å². The topological polar surface area (TPSA) is 64.9 Å². The quantitative estimate of drug-likeness (QED) is 0.896. The van der Waals surface area contributed by atoms with E-state index < -0.39 is 0 Å². The minimum Gasteiger partial charge on any atom is -0.338 e. The van der Waals surface area contributed by atoms with Crippen LogP contribution in [0, 0.1) is 0 Å². The van der Waals surface area contributed by atoms with Crippen LogP contribution in [0.1, 0.15) is 49.5 Å². The van der Waals surface area contributed by atoms with Gasteiger partial charge in [-0.1, -0.05) is 42.4 Å². The average Bonchev–Trinajstić information content (AvgIpc) is 3.10. The molecule has 1 aliphatic carbocycles. The lowest BCUT2D eigenvalue weighted by Crippen LogP contribution is -2.12. The summed E-state index contributed by atoms with van der Waals surface area (Å²) >= 11 is 0. The Bertz CT molecular complexity index is 531. The van der Waals surface area contributed by atoms with E-state index in [4.69, 9.17) is 10.3 Å². The predicted octanol–water partition coefficient (Wildman–Crippen LogP) is 2.56. The molecule has 0 saturated heterocycles. The number of aromatic nitrogens is 2. The molecule has 18 heavy (non-hydrogen) atoms. The van der Waals surface area contributed by atoms with Gasteiger partial charge in [-0.25, -0.2) is 0 Å². The standard InChI is InChI=1S/C14H17N3O/c1-2-11(15)12-16-13(17-18-12)14(8-9-14)10-6-4-3-5-7-10/h3-7,11H,2,8-9,15H2,1H3/t11-/m1/s1. The van der Waals surface area contributed by atoms with E-state index in [1.807, 2.05) is 25.1 Å². The molecule has 4 nitrogen and oxygen atoms in total. The van der Waals surface area contributed by atoms with Crippen LogP contribution >= 0.6 is 0 Å². The number of benzene rings is 1. The smallest absolute Gasteiger partial charge is 0.243 e. The lowest BCUT2D eigenvalue weighted by Gasteiger charge is -2.10. The monoisotopic (exact) mass is 243 g/mol. The van der Waals surface area contributed by atoms with Crippen LogP contribution in [-0.2, 0) is 5.41 Å². The van der Waals surface area contributed by atoms with Gasteiger partial charge < -0.3 is 10.3 Å². The molecular formula is C14H17N3O. The van der Waals surface area contributed by atoms with E-state index in [1.165, 1.54) is 5.56 Å². The van der Waals surface area contributed by atoms with E-state index in [0.717, 1.165) is 25.1 Å². The van der Waals surface area contributed by atoms with Crippen LogP contribution in [0.2, 0.25) is 0 Å². The lowest BCUT2D eigenvalue weighted by atomic mass is 9.95. The number of hydrogen-bond acceptors (Lipinski definition) is 4. The molecule has 1 aromatic carbocycles. The van der Waals surface area contributed by atoms with Crippen LogP contribution in [0.3, 0.4) is 0 Å². The van der Waals surface area contributed by atoms with Gasteiger partial charge in [0.15, 0.2) is 5.82 Å². The van der Waals surface area contributed by atoms with Crippen molar-refractivity contribution in [2.45, 2.75) is 37.6 Å². The number of rotatable bonds is 4. The van der Waals surface area contributed by atoms with Crippen molar-refractivity contribution in [1.29, 1.82) is 0 Å². The van der Waals surface area contributed by atoms with Gasteiger partial charge in [0.05, 0.1) is 11.5 Å². The average molecular weight is 243 g/mol. The third-order valence-electron chi connectivity index (χ3n) is 3.70. The van der Waals surface area contributed by atoms with Gasteiger partial charge in [-0.05, 0) is 24.8 Å². The molecule has 0 amide bonds. The number of nitrogens with two attached hydrogens (primary N) is 1. The highest BCUT2D eigenvalue weighted by Crippen LogP contribution is 2.52. The SMILES string of the molecule is CC[C@@H](N)c1nc(C2(c3ccccc3)CC2)no1. The molecule has 0 aliphatic heterocycles. The van der Waals surface area contributed by atoms with Crippen molar-refractivity contribution in [3.8, 4) is 0 Å². The first-order valence-corrected chi connectivity index (χ1v) is 6.41. The molecular weight excluding hydrogens is 226 g/mol. The molecule has 2 aromatic rings. The molecule has 3 rings (SSSR count). The molecule has 1 atom stereocenters. The third-order valence-corrected chi connectivity index (χ3v) is 3.70. The molecule has 0 bridgehead atoms. The summed E-state index contributed by atoms with van der Waals surface area (Å²) in [5.41, 5.74) is 7.15. The summed E-state index contributed by atoms with van der Waals surface area (Å²) in [6.45, 7) is 2.01. The fourth-order valence-electron chi connectivity index (χ4n) is 2.28. The maximum absolute atomic E-state index is 5.91. The molecule has 0 radical (unpaired) electrons. The fraction of sp³-hybridized carbons (Fsp3) is 0.429. The van der Waals surface area contributed by atoms with Crippen LogP contribution < -0.4 is 5.73 Å². The maximum Gasteiger partial charge on any atom is 0.243 e. The highest BCUT2D eigenvalue weighted by Gasteiger charge is 2.50. The van der Waals surface area contributed by atoms with E-state index in [2.05, 4.69) is 22.3 Å². The predicted molar refractivity (Wildman–Crippen MR) is 68.0 cm³/mol. The summed E-state index contributed by atoms with van der Waals surface area (Å²) in [6.07, 6.45) is 2.97. The maximum atomic E-state index is 5.91. The first-order valence-electron chi connectivity index (χ1n) is 6.41. The van der Waals surface area contributed by atoms with Crippen LogP contribution in [0.4, 0.5) is 0 Å². The van der Waals surface area contributed by atoms with Gasteiger partial charge in [0, 0.05) is 0 Å². The van der Waals surface area contributed by atoms with Crippen LogP contribution in [0.15, 0.2) is 34.9 Å². The van der Waals surface area contributed by atoms with Crippen LogP contribution in [0.25, 0.3) is 0 Å². The van der Waals surface area contributed by atoms with E-state index in [0.29, 0.717) is 5.89 Å². The van der Waals surface area contributed by atoms with Crippen molar-refractivity contribution in [1.82, 2.24) is 10.1 Å². The van der Waals surface area contributed by atoms with Crippen molar-refractivity contribution < 1.29 is 4.52 Å². The van der Waals surface area contributed by atoms with Crippen LogP contribution in [-0.4, -0.2) is 10.1 Å². The van der Waals surface area contributed by atoms with Gasteiger partial charge in [0.2, 0.25) is 5.89 Å². The fourth-order valence-corrected chi connectivity index (χ4v) is 2.28. The number of hydrogen-bond donors (Lipinski definition) is 1. The highest BCUT2D eigenvalue weighted by molar-refractivity contribution is 5.38. The second-order valence-corrected chi connectivity index (χ2v) is 4.92. The van der Waals surface area contributed by atoms with E-state index in [1.54, 1.807) is 0 Å². The van der Waals surface area contributed by atoms with Crippen molar-refractivity contribution in [3.63, 3.8) is 0 Å². The second-order valence-electron chi connectivity index (χ2n) is 4.92. The first-order chi connectivity index (χ1) is 8.76. The van der Waals surface area contributed by atoms with Gasteiger partial charge in [-0.15, -0.1) is 0 Å². The van der Waals surface area contributed by atoms with Gasteiger partial charge in [-0.2, -0.15) is 4.98 Å². The Balaban J connectivity index is 1.93. The summed E-state index contributed by atoms with van der Waals surface area (Å²) in [4.78, 5) is 4.49. The largest absolute Gasteiger partial charge is 0.338 e. The van der Waals surface area contributed by atoms with Crippen molar-refractivity contribution in [2.24, 2.45) is 5.73 Å². The Kier molecular flexibility index (Phi) is 2.67. The molecule has 0 spiro atoms. The van der Waals surface area contributed by atoms with Gasteiger partial charge in [-0.3, -0.25) is 0 Å². The van der Waals surface area contributed by atoms with E-state index in [-0.39, 0.29) is 11.5 Å². The summed E-state index contributed by atoms with van der Waals surface area (Å²) in [5, 5.41) is 4.13. The summed E-state index contributed by atoms with van der Waals surface area (Å²) < 4.78 is 5.28. The molecule has 1 fully saturated rings. The normalized spacial score (nSPS) is 18.6. The van der Waals surface area contributed by atoms with Crippen molar-refractivity contribution >= 4 is 0 Å². The first kappa shape index (κ1) is 11.4. The Morgan fingerprint density at radius 2 is 2.06 bits per heavy atom. The van der Waals surface area contributed by atoms with E-state index in [9.17, 15) is 0 Å². The summed E-state index contributed by atoms with van der Waals surface area (Å²) in [6, 6.07) is 10.2.